The highest BCUT2D eigenvalue weighted by atomic mass is 32.2. The lowest BCUT2D eigenvalue weighted by atomic mass is 10.1. The van der Waals surface area contributed by atoms with Gasteiger partial charge in [-0.05, 0) is 31.5 Å². The molecule has 23 heavy (non-hydrogen) atoms. The Hall–Kier alpha value is -2.02. The monoisotopic (exact) mass is 337 g/mol. The molecule has 1 fully saturated rings. The Morgan fingerprint density at radius 2 is 2.13 bits per heavy atom. The van der Waals surface area contributed by atoms with Gasteiger partial charge in [0.05, 0.1) is 24.2 Å². The number of carbonyl (C=O) groups is 1. The number of hydrogen-bond acceptors (Lipinski definition) is 5. The normalized spacial score (nSPS) is 19.9. The van der Waals surface area contributed by atoms with Gasteiger partial charge in [0.15, 0.2) is 9.84 Å². The lowest BCUT2D eigenvalue weighted by molar-refractivity contribution is 0.0747. The van der Waals surface area contributed by atoms with Crippen LogP contribution in [0.15, 0.2) is 22.6 Å². The van der Waals surface area contributed by atoms with Gasteiger partial charge in [0, 0.05) is 18.5 Å². The molecule has 0 aliphatic carbocycles. The summed E-state index contributed by atoms with van der Waals surface area (Å²) in [6, 6.07) is 5.01. The van der Waals surface area contributed by atoms with Crippen LogP contribution in [-0.2, 0) is 9.84 Å². The number of amides is 1. The molecule has 0 radical (unpaired) electrons. The van der Waals surface area contributed by atoms with Crippen molar-refractivity contribution in [3.63, 3.8) is 0 Å². The van der Waals surface area contributed by atoms with E-state index in [4.69, 9.17) is 9.15 Å². The molecule has 1 aromatic heterocycles. The van der Waals surface area contributed by atoms with Gasteiger partial charge in [-0.25, -0.2) is 8.42 Å². The van der Waals surface area contributed by atoms with E-state index in [1.165, 1.54) is 4.90 Å². The molecule has 2 heterocycles. The van der Waals surface area contributed by atoms with Gasteiger partial charge in [0.25, 0.3) is 5.91 Å². The Balaban J connectivity index is 1.99. The Morgan fingerprint density at radius 1 is 1.39 bits per heavy atom. The third kappa shape index (κ3) is 2.81. The van der Waals surface area contributed by atoms with Crippen molar-refractivity contribution in [3.8, 4) is 5.75 Å². The quantitative estimate of drug-likeness (QED) is 0.856. The summed E-state index contributed by atoms with van der Waals surface area (Å²) in [5.74, 6) is 1.09. The van der Waals surface area contributed by atoms with Crippen molar-refractivity contribution in [1.29, 1.82) is 0 Å². The molecular weight excluding hydrogens is 318 g/mol. The smallest absolute Gasteiger partial charge is 0.258 e. The number of nitrogens with zero attached hydrogens (tertiary/aromatic N) is 1. The fraction of sp³-hybridized carbons (Fsp3) is 0.438. The number of methoxy groups -OCH3 is 1. The van der Waals surface area contributed by atoms with Crippen molar-refractivity contribution < 1.29 is 22.4 Å². The van der Waals surface area contributed by atoms with E-state index in [0.717, 1.165) is 0 Å². The predicted molar refractivity (Wildman–Crippen MR) is 86.7 cm³/mol. The number of benzene rings is 1. The molecule has 2 aromatic rings. The third-order valence-corrected chi connectivity index (χ3v) is 6.11. The SMILES string of the molecule is COc1ccc2oc(C)c(C(=O)N(C)[C@H]3CCS(=O)(=O)C3)c2c1. The molecule has 1 atom stereocenters. The summed E-state index contributed by atoms with van der Waals surface area (Å²) in [5.41, 5.74) is 1.07. The van der Waals surface area contributed by atoms with Crippen LogP contribution in [0.4, 0.5) is 0 Å². The first kappa shape index (κ1) is 15.9. The average Bonchev–Trinajstić information content (AvgIpc) is 3.03. The standard InChI is InChI=1S/C16H19NO5S/c1-10-15(13-8-12(21-3)4-5-14(13)22-10)16(18)17(2)11-6-7-23(19,20)9-11/h4-5,8,11H,6-7,9H2,1-3H3/t11-/m0/s1. The summed E-state index contributed by atoms with van der Waals surface area (Å²) in [4.78, 5) is 14.4. The van der Waals surface area contributed by atoms with Gasteiger partial charge < -0.3 is 14.1 Å². The zero-order chi connectivity index (χ0) is 16.8. The number of furan rings is 1. The van der Waals surface area contributed by atoms with Crippen molar-refractivity contribution >= 4 is 26.7 Å². The highest BCUT2D eigenvalue weighted by molar-refractivity contribution is 7.91. The molecule has 3 rings (SSSR count). The van der Waals surface area contributed by atoms with Gasteiger partial charge >= 0.3 is 0 Å². The van der Waals surface area contributed by atoms with Gasteiger partial charge in [-0.15, -0.1) is 0 Å². The average molecular weight is 337 g/mol. The topological polar surface area (TPSA) is 76.8 Å². The summed E-state index contributed by atoms with van der Waals surface area (Å²) < 4.78 is 34.1. The number of aryl methyl sites for hydroxylation is 1. The Kier molecular flexibility index (Phi) is 3.83. The van der Waals surface area contributed by atoms with Gasteiger partial charge in [-0.3, -0.25) is 4.79 Å². The second-order valence-corrected chi connectivity index (χ2v) is 8.10. The van der Waals surface area contributed by atoms with Crippen LogP contribution in [0, 0.1) is 6.92 Å². The van der Waals surface area contributed by atoms with E-state index >= 15 is 0 Å². The minimum absolute atomic E-state index is 0.0212. The van der Waals surface area contributed by atoms with Crippen LogP contribution in [-0.4, -0.2) is 50.9 Å². The number of sulfone groups is 1. The van der Waals surface area contributed by atoms with E-state index in [9.17, 15) is 13.2 Å². The van der Waals surface area contributed by atoms with Crippen molar-refractivity contribution in [1.82, 2.24) is 4.90 Å². The maximum Gasteiger partial charge on any atom is 0.258 e. The van der Waals surface area contributed by atoms with Gasteiger partial charge in [0.2, 0.25) is 0 Å². The molecule has 1 saturated heterocycles. The highest BCUT2D eigenvalue weighted by Crippen LogP contribution is 2.30. The fourth-order valence-corrected chi connectivity index (χ4v) is 4.79. The van der Waals surface area contributed by atoms with Crippen molar-refractivity contribution in [2.24, 2.45) is 0 Å². The molecule has 1 amide bonds. The number of hydrogen-bond donors (Lipinski definition) is 0. The van der Waals surface area contributed by atoms with Crippen LogP contribution < -0.4 is 4.74 Å². The van der Waals surface area contributed by atoms with E-state index in [2.05, 4.69) is 0 Å². The minimum atomic E-state index is -3.04. The summed E-state index contributed by atoms with van der Waals surface area (Å²) in [6.07, 6.45) is 0.475. The first-order chi connectivity index (χ1) is 10.8. The van der Waals surface area contributed by atoms with Crippen LogP contribution in [0.5, 0.6) is 5.75 Å². The van der Waals surface area contributed by atoms with E-state index in [0.29, 0.717) is 34.5 Å². The van der Waals surface area contributed by atoms with Crippen molar-refractivity contribution in [2.45, 2.75) is 19.4 Å². The van der Waals surface area contributed by atoms with Gasteiger partial charge in [0.1, 0.15) is 17.1 Å². The summed E-state index contributed by atoms with van der Waals surface area (Å²) in [5, 5.41) is 0.680. The number of carbonyl (C=O) groups excluding carboxylic acids is 1. The lowest BCUT2D eigenvalue weighted by Gasteiger charge is -2.23. The van der Waals surface area contributed by atoms with Crippen LogP contribution >= 0.6 is 0 Å². The molecule has 1 aromatic carbocycles. The summed E-state index contributed by atoms with van der Waals surface area (Å²) in [6.45, 7) is 1.74. The second kappa shape index (κ2) is 5.56. The Labute approximate surface area is 134 Å². The van der Waals surface area contributed by atoms with Crippen molar-refractivity contribution in [2.75, 3.05) is 25.7 Å². The minimum Gasteiger partial charge on any atom is -0.497 e. The third-order valence-electron chi connectivity index (χ3n) is 4.36. The molecular formula is C16H19NO5S. The zero-order valence-corrected chi connectivity index (χ0v) is 14.1. The summed E-state index contributed by atoms with van der Waals surface area (Å²) in [7, 11) is 0.162. The fourth-order valence-electron chi connectivity index (χ4n) is 3.01. The van der Waals surface area contributed by atoms with E-state index in [1.807, 2.05) is 0 Å². The first-order valence-electron chi connectivity index (χ1n) is 7.37. The number of fused-ring (bicyclic) bond motifs is 1. The van der Waals surface area contributed by atoms with E-state index in [1.54, 1.807) is 39.3 Å². The molecule has 1 aliphatic heterocycles. The zero-order valence-electron chi connectivity index (χ0n) is 13.3. The van der Waals surface area contributed by atoms with Gasteiger partial charge in [-0.2, -0.15) is 0 Å². The molecule has 6 nitrogen and oxygen atoms in total. The number of ether oxygens (including phenoxy) is 1. The molecule has 0 unspecified atom stereocenters. The van der Waals surface area contributed by atoms with E-state index in [-0.39, 0.29) is 23.5 Å². The molecule has 7 heteroatoms. The van der Waals surface area contributed by atoms with Crippen molar-refractivity contribution in [3.05, 3.63) is 29.5 Å². The second-order valence-electron chi connectivity index (χ2n) is 5.87. The number of rotatable bonds is 3. The van der Waals surface area contributed by atoms with Crippen LogP contribution in [0.25, 0.3) is 11.0 Å². The van der Waals surface area contributed by atoms with Crippen LogP contribution in [0.3, 0.4) is 0 Å². The molecule has 0 N–H and O–H groups in total. The van der Waals surface area contributed by atoms with E-state index < -0.39 is 9.84 Å². The largest absolute Gasteiger partial charge is 0.497 e. The predicted octanol–water partition coefficient (Wildman–Crippen LogP) is 2.01. The summed E-state index contributed by atoms with van der Waals surface area (Å²) >= 11 is 0. The Morgan fingerprint density at radius 3 is 2.74 bits per heavy atom. The highest BCUT2D eigenvalue weighted by Gasteiger charge is 2.34. The molecule has 0 bridgehead atoms. The molecule has 0 spiro atoms. The Bertz CT molecular complexity index is 868. The molecule has 124 valence electrons. The lowest BCUT2D eigenvalue weighted by Crippen LogP contribution is -2.38. The first-order valence-corrected chi connectivity index (χ1v) is 9.19. The van der Waals surface area contributed by atoms with Crippen LogP contribution in [0.1, 0.15) is 22.5 Å². The maximum atomic E-state index is 12.9. The molecule has 0 saturated carbocycles. The van der Waals surface area contributed by atoms with Crippen LogP contribution in [0.2, 0.25) is 0 Å². The molecule has 1 aliphatic rings. The van der Waals surface area contributed by atoms with Gasteiger partial charge in [-0.1, -0.05) is 0 Å². The maximum absolute atomic E-state index is 12.9.